The quantitative estimate of drug-likeness (QED) is 0.495. The lowest BCUT2D eigenvalue weighted by Crippen LogP contribution is -2.34. The molecule has 3 aromatic carbocycles. The Bertz CT molecular complexity index is 940. The first-order chi connectivity index (χ1) is 14.7. The summed E-state index contributed by atoms with van der Waals surface area (Å²) in [5.74, 6) is -0.0993. The lowest BCUT2D eigenvalue weighted by Gasteiger charge is -2.20. The molecule has 30 heavy (non-hydrogen) atoms. The second-order valence-corrected chi connectivity index (χ2v) is 6.77. The molecule has 0 heterocycles. The highest BCUT2D eigenvalue weighted by Gasteiger charge is 2.15. The van der Waals surface area contributed by atoms with Gasteiger partial charge in [0.05, 0.1) is 5.56 Å². The molecule has 0 saturated heterocycles. The number of nitrogens with zero attached hydrogens (tertiary/aromatic N) is 1. The standard InChI is InChI=1S/C25H25NO4/c1-2-26(17-20-9-5-3-6-10-20)24(27)19-30-25(28)22-13-15-23(16-14-22)29-18-21-11-7-4-8-12-21/h3-16H,2,17-19H2,1H3. The zero-order chi connectivity index (χ0) is 21.2. The molecule has 0 bridgehead atoms. The molecule has 0 aliphatic carbocycles. The minimum atomic E-state index is -0.534. The van der Waals surface area contributed by atoms with Crippen LogP contribution in [0.25, 0.3) is 0 Å². The van der Waals surface area contributed by atoms with Gasteiger partial charge in [-0.25, -0.2) is 4.79 Å². The number of amides is 1. The predicted molar refractivity (Wildman–Crippen MR) is 115 cm³/mol. The maximum absolute atomic E-state index is 12.4. The summed E-state index contributed by atoms with van der Waals surface area (Å²) < 4.78 is 10.9. The van der Waals surface area contributed by atoms with Crippen LogP contribution in [-0.4, -0.2) is 29.9 Å². The van der Waals surface area contributed by atoms with Crippen LogP contribution >= 0.6 is 0 Å². The Morgan fingerprint density at radius 2 is 1.40 bits per heavy atom. The molecule has 0 atom stereocenters. The van der Waals surface area contributed by atoms with Crippen molar-refractivity contribution in [1.29, 1.82) is 0 Å². The molecule has 5 nitrogen and oxygen atoms in total. The molecular weight excluding hydrogens is 378 g/mol. The molecule has 0 unspecified atom stereocenters. The largest absolute Gasteiger partial charge is 0.489 e. The summed E-state index contributed by atoms with van der Waals surface area (Å²) >= 11 is 0. The fourth-order valence-corrected chi connectivity index (χ4v) is 2.91. The second-order valence-electron chi connectivity index (χ2n) is 6.77. The molecule has 3 aromatic rings. The molecule has 0 spiro atoms. The van der Waals surface area contributed by atoms with Crippen LogP contribution in [0.3, 0.4) is 0 Å². The van der Waals surface area contributed by atoms with Crippen molar-refractivity contribution in [2.24, 2.45) is 0 Å². The summed E-state index contributed by atoms with van der Waals surface area (Å²) in [5, 5.41) is 0. The number of likely N-dealkylation sites (N-methyl/N-ethyl adjacent to an activating group) is 1. The molecule has 0 saturated carbocycles. The molecule has 0 aromatic heterocycles. The van der Waals surface area contributed by atoms with Crippen molar-refractivity contribution in [3.8, 4) is 5.75 Å². The van der Waals surface area contributed by atoms with E-state index < -0.39 is 5.97 Å². The van der Waals surface area contributed by atoms with Gasteiger partial charge in [-0.1, -0.05) is 60.7 Å². The predicted octanol–water partition coefficient (Wildman–Crippen LogP) is 4.47. The van der Waals surface area contributed by atoms with E-state index in [0.717, 1.165) is 11.1 Å². The van der Waals surface area contributed by atoms with Crippen LogP contribution < -0.4 is 4.74 Å². The van der Waals surface area contributed by atoms with Crippen LogP contribution in [0, 0.1) is 0 Å². The highest BCUT2D eigenvalue weighted by Crippen LogP contribution is 2.15. The van der Waals surface area contributed by atoms with Gasteiger partial charge < -0.3 is 14.4 Å². The molecule has 0 N–H and O–H groups in total. The summed E-state index contributed by atoms with van der Waals surface area (Å²) in [6, 6.07) is 26.3. The van der Waals surface area contributed by atoms with E-state index >= 15 is 0 Å². The number of ether oxygens (including phenoxy) is 2. The maximum Gasteiger partial charge on any atom is 0.338 e. The van der Waals surface area contributed by atoms with Gasteiger partial charge in [-0.15, -0.1) is 0 Å². The number of carbonyl (C=O) groups excluding carboxylic acids is 2. The van der Waals surface area contributed by atoms with E-state index in [1.807, 2.05) is 67.6 Å². The fraction of sp³-hybridized carbons (Fsp3) is 0.200. The van der Waals surface area contributed by atoms with Crippen LogP contribution in [0.2, 0.25) is 0 Å². The first-order valence-corrected chi connectivity index (χ1v) is 9.91. The van der Waals surface area contributed by atoms with Crippen molar-refractivity contribution >= 4 is 11.9 Å². The summed E-state index contributed by atoms with van der Waals surface area (Å²) in [5.41, 5.74) is 2.47. The number of hydrogen-bond donors (Lipinski definition) is 0. The normalized spacial score (nSPS) is 10.3. The molecular formula is C25H25NO4. The Labute approximate surface area is 176 Å². The summed E-state index contributed by atoms with van der Waals surface area (Å²) in [6.45, 7) is 3.09. The lowest BCUT2D eigenvalue weighted by atomic mass is 10.2. The van der Waals surface area contributed by atoms with Gasteiger partial charge in [-0.05, 0) is 42.3 Å². The number of benzene rings is 3. The van der Waals surface area contributed by atoms with Gasteiger partial charge in [-0.3, -0.25) is 4.79 Å². The Hall–Kier alpha value is -3.60. The zero-order valence-electron chi connectivity index (χ0n) is 17.0. The van der Waals surface area contributed by atoms with Gasteiger partial charge in [0.1, 0.15) is 12.4 Å². The number of carbonyl (C=O) groups is 2. The topological polar surface area (TPSA) is 55.8 Å². The first kappa shape index (κ1) is 21.1. The minimum Gasteiger partial charge on any atom is -0.489 e. The van der Waals surface area contributed by atoms with Crippen LogP contribution in [0.5, 0.6) is 5.75 Å². The molecule has 154 valence electrons. The molecule has 0 aliphatic heterocycles. The summed E-state index contributed by atoms with van der Waals surface area (Å²) in [6.07, 6.45) is 0. The van der Waals surface area contributed by atoms with Gasteiger partial charge in [-0.2, -0.15) is 0 Å². The molecule has 0 aliphatic rings. The van der Waals surface area contributed by atoms with Gasteiger partial charge in [0, 0.05) is 13.1 Å². The molecule has 1 amide bonds. The second kappa shape index (κ2) is 10.8. The zero-order valence-corrected chi connectivity index (χ0v) is 17.0. The summed E-state index contributed by atoms with van der Waals surface area (Å²) in [4.78, 5) is 26.3. The maximum atomic E-state index is 12.4. The van der Waals surface area contributed by atoms with E-state index in [1.54, 1.807) is 29.2 Å². The Morgan fingerprint density at radius 1 is 0.800 bits per heavy atom. The van der Waals surface area contributed by atoms with Gasteiger partial charge in [0.2, 0.25) is 0 Å². The number of rotatable bonds is 9. The van der Waals surface area contributed by atoms with Crippen LogP contribution in [0.4, 0.5) is 0 Å². The lowest BCUT2D eigenvalue weighted by molar-refractivity contribution is -0.134. The van der Waals surface area contributed by atoms with Gasteiger partial charge >= 0.3 is 5.97 Å². The Balaban J connectivity index is 1.48. The first-order valence-electron chi connectivity index (χ1n) is 9.91. The average Bonchev–Trinajstić information content (AvgIpc) is 2.81. The van der Waals surface area contributed by atoms with E-state index in [-0.39, 0.29) is 12.5 Å². The monoisotopic (exact) mass is 403 g/mol. The van der Waals surface area contributed by atoms with Crippen molar-refractivity contribution in [3.05, 3.63) is 102 Å². The number of esters is 1. The van der Waals surface area contributed by atoms with E-state index in [2.05, 4.69) is 0 Å². The number of hydrogen-bond acceptors (Lipinski definition) is 4. The van der Waals surface area contributed by atoms with E-state index in [9.17, 15) is 9.59 Å². The molecule has 0 fully saturated rings. The molecule has 3 rings (SSSR count). The smallest absolute Gasteiger partial charge is 0.338 e. The van der Waals surface area contributed by atoms with Crippen molar-refractivity contribution in [3.63, 3.8) is 0 Å². The third-order valence-corrected chi connectivity index (χ3v) is 4.62. The van der Waals surface area contributed by atoms with Crippen molar-refractivity contribution in [1.82, 2.24) is 4.90 Å². The van der Waals surface area contributed by atoms with Gasteiger partial charge in [0.25, 0.3) is 5.91 Å². The Morgan fingerprint density at radius 3 is 2.00 bits per heavy atom. The fourth-order valence-electron chi connectivity index (χ4n) is 2.91. The van der Waals surface area contributed by atoms with Crippen LogP contribution in [0.1, 0.15) is 28.4 Å². The highest BCUT2D eigenvalue weighted by molar-refractivity contribution is 5.91. The van der Waals surface area contributed by atoms with Crippen molar-refractivity contribution < 1.29 is 19.1 Å². The third kappa shape index (κ3) is 6.21. The molecule has 5 heteroatoms. The molecule has 0 radical (unpaired) electrons. The van der Waals surface area contributed by atoms with E-state index in [0.29, 0.717) is 31.0 Å². The van der Waals surface area contributed by atoms with Crippen LogP contribution in [-0.2, 0) is 22.7 Å². The SMILES string of the molecule is CCN(Cc1ccccc1)C(=O)COC(=O)c1ccc(OCc2ccccc2)cc1. The van der Waals surface area contributed by atoms with Crippen molar-refractivity contribution in [2.75, 3.05) is 13.2 Å². The van der Waals surface area contributed by atoms with E-state index in [1.165, 1.54) is 0 Å². The van der Waals surface area contributed by atoms with Crippen LogP contribution in [0.15, 0.2) is 84.9 Å². The third-order valence-electron chi connectivity index (χ3n) is 4.62. The van der Waals surface area contributed by atoms with Crippen molar-refractivity contribution in [2.45, 2.75) is 20.1 Å². The minimum absolute atomic E-state index is 0.225. The highest BCUT2D eigenvalue weighted by atomic mass is 16.5. The van der Waals surface area contributed by atoms with E-state index in [4.69, 9.17) is 9.47 Å². The van der Waals surface area contributed by atoms with Gasteiger partial charge in [0.15, 0.2) is 6.61 Å². The Kier molecular flexibility index (Phi) is 7.61. The summed E-state index contributed by atoms with van der Waals surface area (Å²) in [7, 11) is 0. The average molecular weight is 403 g/mol.